The molecule has 0 atom stereocenters. The van der Waals surface area contributed by atoms with Crippen molar-refractivity contribution in [1.82, 2.24) is 0 Å². The van der Waals surface area contributed by atoms with Crippen molar-refractivity contribution in [1.29, 1.82) is 0 Å². The molecule has 4 heteroatoms. The summed E-state index contributed by atoms with van der Waals surface area (Å²) >= 11 is 0. The van der Waals surface area contributed by atoms with E-state index in [-0.39, 0.29) is 5.78 Å². The highest BCUT2D eigenvalue weighted by molar-refractivity contribution is 6.04. The van der Waals surface area contributed by atoms with Crippen molar-refractivity contribution in [2.45, 2.75) is 0 Å². The Morgan fingerprint density at radius 2 is 1.50 bits per heavy atom. The fourth-order valence-electron chi connectivity index (χ4n) is 2.36. The van der Waals surface area contributed by atoms with Crippen molar-refractivity contribution in [3.63, 3.8) is 0 Å². The van der Waals surface area contributed by atoms with Crippen LogP contribution in [0.25, 0.3) is 0 Å². The fraction of sp³-hybridized carbons (Fsp3) is 0.0455. The molecule has 3 rings (SSSR count). The third kappa shape index (κ3) is 4.51. The number of anilines is 1. The zero-order valence-corrected chi connectivity index (χ0v) is 14.4. The smallest absolute Gasteiger partial charge is 0.187 e. The van der Waals surface area contributed by atoms with E-state index in [2.05, 4.69) is 5.32 Å². The lowest BCUT2D eigenvalue weighted by atomic mass is 10.1. The van der Waals surface area contributed by atoms with Gasteiger partial charge in [-0.1, -0.05) is 42.5 Å². The normalized spacial score (nSPS) is 10.5. The first-order valence-corrected chi connectivity index (χ1v) is 8.19. The summed E-state index contributed by atoms with van der Waals surface area (Å²) in [7, 11) is 1.61. The van der Waals surface area contributed by atoms with Gasteiger partial charge in [-0.2, -0.15) is 0 Å². The summed E-state index contributed by atoms with van der Waals surface area (Å²) in [5.41, 5.74) is 1.51. The van der Waals surface area contributed by atoms with Crippen LogP contribution in [0, 0.1) is 0 Å². The van der Waals surface area contributed by atoms with E-state index >= 15 is 0 Å². The van der Waals surface area contributed by atoms with Crippen LogP contribution >= 0.6 is 0 Å². The quantitative estimate of drug-likeness (QED) is 0.466. The second kappa shape index (κ2) is 8.53. The van der Waals surface area contributed by atoms with E-state index in [4.69, 9.17) is 9.47 Å². The van der Waals surface area contributed by atoms with Gasteiger partial charge < -0.3 is 14.8 Å². The Hall–Kier alpha value is -3.53. The van der Waals surface area contributed by atoms with Crippen LogP contribution in [0.1, 0.15) is 10.4 Å². The topological polar surface area (TPSA) is 47.6 Å². The number of ether oxygens (including phenoxy) is 2. The molecule has 0 unspecified atom stereocenters. The van der Waals surface area contributed by atoms with Gasteiger partial charge in [0.15, 0.2) is 17.3 Å². The highest BCUT2D eigenvalue weighted by atomic mass is 16.5. The van der Waals surface area contributed by atoms with Gasteiger partial charge in [0.25, 0.3) is 0 Å². The third-order valence-corrected chi connectivity index (χ3v) is 3.69. The summed E-state index contributed by atoms with van der Waals surface area (Å²) in [4.78, 5) is 12.0. The predicted octanol–water partition coefficient (Wildman–Crippen LogP) is 5.30. The molecule has 1 N–H and O–H groups in total. The van der Waals surface area contributed by atoms with Crippen molar-refractivity contribution in [3.05, 3.63) is 96.7 Å². The molecule has 0 bridgehead atoms. The summed E-state index contributed by atoms with van der Waals surface area (Å²) in [5, 5.41) is 3.08. The van der Waals surface area contributed by atoms with Gasteiger partial charge in [0, 0.05) is 23.5 Å². The fourth-order valence-corrected chi connectivity index (χ4v) is 2.36. The molecule has 0 aliphatic carbocycles. The lowest BCUT2D eigenvalue weighted by molar-refractivity contribution is 0.104. The van der Waals surface area contributed by atoms with Gasteiger partial charge in [-0.25, -0.2) is 0 Å². The second-order valence-corrected chi connectivity index (χ2v) is 5.49. The second-order valence-electron chi connectivity index (χ2n) is 5.49. The Labute approximate surface area is 152 Å². The van der Waals surface area contributed by atoms with Gasteiger partial charge >= 0.3 is 0 Å². The molecule has 0 saturated heterocycles. The molecule has 3 aromatic rings. The van der Waals surface area contributed by atoms with E-state index in [1.165, 1.54) is 6.08 Å². The van der Waals surface area contributed by atoms with Crippen LogP contribution in [0.15, 0.2) is 91.1 Å². The van der Waals surface area contributed by atoms with E-state index in [1.807, 2.05) is 66.7 Å². The molecule has 130 valence electrons. The summed E-state index contributed by atoms with van der Waals surface area (Å²) < 4.78 is 11.1. The molecular formula is C22H19NO3. The number of benzene rings is 3. The number of rotatable bonds is 7. The number of allylic oxidation sites excluding steroid dienone is 1. The Kier molecular flexibility index (Phi) is 5.68. The number of para-hydroxylation sites is 2. The maximum atomic E-state index is 12.0. The van der Waals surface area contributed by atoms with Crippen LogP contribution < -0.4 is 14.8 Å². The average Bonchev–Trinajstić information content (AvgIpc) is 2.70. The zero-order valence-electron chi connectivity index (χ0n) is 14.4. The van der Waals surface area contributed by atoms with Crippen LogP contribution in [0.3, 0.4) is 0 Å². The minimum absolute atomic E-state index is 0.0470. The van der Waals surface area contributed by atoms with Crippen molar-refractivity contribution in [3.8, 4) is 17.2 Å². The van der Waals surface area contributed by atoms with E-state index < -0.39 is 0 Å². The molecule has 0 aliphatic rings. The first kappa shape index (κ1) is 17.3. The summed E-state index contributed by atoms with van der Waals surface area (Å²) in [6, 6.07) is 24.1. The van der Waals surface area contributed by atoms with Gasteiger partial charge in [-0.3, -0.25) is 4.79 Å². The van der Waals surface area contributed by atoms with E-state index in [0.29, 0.717) is 22.8 Å². The first-order chi connectivity index (χ1) is 12.8. The minimum atomic E-state index is -0.0470. The standard InChI is InChI=1S/C22H19NO3/c1-25-21-9-5-6-10-22(21)26-19-13-11-18(12-14-19)23-16-15-20(24)17-7-3-2-4-8-17/h2-16,23H,1H3/b16-15+. The maximum absolute atomic E-state index is 12.0. The number of carbonyl (C=O) groups excluding carboxylic acids is 1. The number of methoxy groups -OCH3 is 1. The van der Waals surface area contributed by atoms with Gasteiger partial charge in [-0.05, 0) is 36.4 Å². The zero-order chi connectivity index (χ0) is 18.2. The monoisotopic (exact) mass is 345 g/mol. The molecule has 26 heavy (non-hydrogen) atoms. The Balaban J connectivity index is 1.59. The summed E-state index contributed by atoms with van der Waals surface area (Å²) in [5.74, 6) is 1.99. The van der Waals surface area contributed by atoms with Gasteiger partial charge in [0.2, 0.25) is 0 Å². The molecule has 0 aliphatic heterocycles. The molecule has 0 radical (unpaired) electrons. The van der Waals surface area contributed by atoms with Crippen LogP contribution in [-0.2, 0) is 0 Å². The SMILES string of the molecule is COc1ccccc1Oc1ccc(N/C=C/C(=O)c2ccccc2)cc1. The molecule has 0 spiro atoms. The molecule has 4 nitrogen and oxygen atoms in total. The third-order valence-electron chi connectivity index (χ3n) is 3.69. The Bertz CT molecular complexity index is 887. The molecule has 0 heterocycles. The highest BCUT2D eigenvalue weighted by Gasteiger charge is 2.04. The average molecular weight is 345 g/mol. The predicted molar refractivity (Wildman–Crippen MR) is 103 cm³/mol. The van der Waals surface area contributed by atoms with Gasteiger partial charge in [0.1, 0.15) is 5.75 Å². The molecule has 0 fully saturated rings. The van der Waals surface area contributed by atoms with E-state index in [1.54, 1.807) is 25.4 Å². The minimum Gasteiger partial charge on any atom is -0.493 e. The lowest BCUT2D eigenvalue weighted by Crippen LogP contribution is -1.95. The van der Waals surface area contributed by atoms with Crippen molar-refractivity contribution in [2.75, 3.05) is 12.4 Å². The molecule has 3 aromatic carbocycles. The number of hydrogen-bond donors (Lipinski definition) is 1. The summed E-state index contributed by atoms with van der Waals surface area (Å²) in [6.07, 6.45) is 3.14. The molecular weight excluding hydrogens is 326 g/mol. The molecule has 0 saturated carbocycles. The number of carbonyl (C=O) groups is 1. The van der Waals surface area contributed by atoms with Crippen molar-refractivity contribution in [2.24, 2.45) is 0 Å². The summed E-state index contributed by atoms with van der Waals surface area (Å²) in [6.45, 7) is 0. The Morgan fingerprint density at radius 1 is 0.846 bits per heavy atom. The maximum Gasteiger partial charge on any atom is 0.187 e. The number of nitrogens with one attached hydrogen (secondary N) is 1. The van der Waals surface area contributed by atoms with Crippen LogP contribution in [0.5, 0.6) is 17.2 Å². The van der Waals surface area contributed by atoms with Crippen molar-refractivity contribution >= 4 is 11.5 Å². The van der Waals surface area contributed by atoms with E-state index in [0.717, 1.165) is 5.69 Å². The largest absolute Gasteiger partial charge is 0.493 e. The number of hydrogen-bond acceptors (Lipinski definition) is 4. The van der Waals surface area contributed by atoms with E-state index in [9.17, 15) is 4.79 Å². The Morgan fingerprint density at radius 3 is 2.19 bits per heavy atom. The van der Waals surface area contributed by atoms with Crippen LogP contribution in [0.2, 0.25) is 0 Å². The van der Waals surface area contributed by atoms with Crippen LogP contribution in [0.4, 0.5) is 5.69 Å². The molecule has 0 amide bonds. The lowest BCUT2D eigenvalue weighted by Gasteiger charge is -2.10. The van der Waals surface area contributed by atoms with Crippen molar-refractivity contribution < 1.29 is 14.3 Å². The van der Waals surface area contributed by atoms with Crippen LogP contribution in [-0.4, -0.2) is 12.9 Å². The number of ketones is 1. The highest BCUT2D eigenvalue weighted by Crippen LogP contribution is 2.31. The first-order valence-electron chi connectivity index (χ1n) is 8.19. The van der Waals surface area contributed by atoms with Gasteiger partial charge in [-0.15, -0.1) is 0 Å². The van der Waals surface area contributed by atoms with Gasteiger partial charge in [0.05, 0.1) is 7.11 Å². The molecule has 0 aromatic heterocycles.